The molecule has 0 bridgehead atoms. The largest absolute Gasteiger partial charge is 0.325 e. The van der Waals surface area contributed by atoms with E-state index in [9.17, 15) is 9.59 Å². The van der Waals surface area contributed by atoms with Gasteiger partial charge in [0, 0.05) is 11.3 Å². The summed E-state index contributed by atoms with van der Waals surface area (Å²) in [5.74, 6) is 0.535. The highest BCUT2D eigenvalue weighted by Crippen LogP contribution is 2.10. The molecule has 2 aromatic rings. The molecule has 1 amide bonds. The van der Waals surface area contributed by atoms with Crippen LogP contribution in [0.2, 0.25) is 0 Å². The Kier molecular flexibility index (Phi) is 5.58. The zero-order valence-corrected chi connectivity index (χ0v) is 12.7. The van der Waals surface area contributed by atoms with Crippen LogP contribution in [0.3, 0.4) is 0 Å². The molecular weight excluding hydrogens is 282 g/mol. The Morgan fingerprint density at radius 3 is 2.29 bits per heavy atom. The van der Waals surface area contributed by atoms with Crippen molar-refractivity contribution in [3.63, 3.8) is 0 Å². The molecule has 0 unspecified atom stereocenters. The zero-order valence-electron chi connectivity index (χ0n) is 11.8. The van der Waals surface area contributed by atoms with Gasteiger partial charge >= 0.3 is 0 Å². The Morgan fingerprint density at radius 2 is 1.62 bits per heavy atom. The van der Waals surface area contributed by atoms with Crippen LogP contribution in [0, 0.1) is 6.92 Å². The van der Waals surface area contributed by atoms with Crippen molar-refractivity contribution in [2.45, 2.75) is 6.92 Å². The smallest absolute Gasteiger partial charge is 0.234 e. The number of aryl methyl sites for hydroxylation is 1. The van der Waals surface area contributed by atoms with Gasteiger partial charge in [0.25, 0.3) is 0 Å². The van der Waals surface area contributed by atoms with Gasteiger partial charge in [-0.3, -0.25) is 9.59 Å². The van der Waals surface area contributed by atoms with Crippen LogP contribution in [0.4, 0.5) is 5.69 Å². The first-order valence-electron chi connectivity index (χ1n) is 6.67. The van der Waals surface area contributed by atoms with E-state index in [4.69, 9.17) is 0 Å². The van der Waals surface area contributed by atoms with Crippen LogP contribution in [0.5, 0.6) is 0 Å². The van der Waals surface area contributed by atoms with Crippen molar-refractivity contribution in [1.82, 2.24) is 0 Å². The first kappa shape index (κ1) is 15.3. The van der Waals surface area contributed by atoms with E-state index in [0.717, 1.165) is 11.3 Å². The second kappa shape index (κ2) is 7.64. The summed E-state index contributed by atoms with van der Waals surface area (Å²) in [7, 11) is 0. The average Bonchev–Trinajstić information content (AvgIpc) is 2.49. The summed E-state index contributed by atoms with van der Waals surface area (Å²) >= 11 is 1.33. The maximum Gasteiger partial charge on any atom is 0.234 e. The van der Waals surface area contributed by atoms with Crippen LogP contribution in [0.1, 0.15) is 15.9 Å². The van der Waals surface area contributed by atoms with Gasteiger partial charge < -0.3 is 5.32 Å². The number of rotatable bonds is 6. The molecule has 0 aliphatic carbocycles. The molecule has 2 aromatic carbocycles. The fourth-order valence-corrected chi connectivity index (χ4v) is 2.49. The highest BCUT2D eigenvalue weighted by molar-refractivity contribution is 8.00. The van der Waals surface area contributed by atoms with E-state index in [0.29, 0.717) is 11.3 Å². The number of para-hydroxylation sites is 1. The van der Waals surface area contributed by atoms with Crippen LogP contribution in [-0.4, -0.2) is 23.2 Å². The molecule has 0 spiro atoms. The number of hydrogen-bond donors (Lipinski definition) is 1. The molecule has 0 heterocycles. The molecule has 21 heavy (non-hydrogen) atoms. The van der Waals surface area contributed by atoms with Crippen molar-refractivity contribution in [1.29, 1.82) is 0 Å². The van der Waals surface area contributed by atoms with Gasteiger partial charge in [-0.15, -0.1) is 11.8 Å². The van der Waals surface area contributed by atoms with Crippen LogP contribution >= 0.6 is 11.8 Å². The van der Waals surface area contributed by atoms with E-state index in [1.54, 1.807) is 0 Å². The monoisotopic (exact) mass is 299 g/mol. The molecule has 4 heteroatoms. The Balaban J connectivity index is 1.75. The van der Waals surface area contributed by atoms with Crippen LogP contribution in [-0.2, 0) is 4.79 Å². The number of Topliss-reactive ketones (excluding diaryl/α,β-unsaturated/α-hetero) is 1. The number of thioether (sulfide) groups is 1. The molecule has 0 saturated heterocycles. The Bertz CT molecular complexity index is 608. The standard InChI is InChI=1S/C17H17NO2S/c1-13-7-9-14(10-8-13)16(19)11-21-12-17(20)18-15-5-3-2-4-6-15/h2-10H,11-12H2,1H3,(H,18,20). The molecule has 0 aliphatic rings. The number of benzene rings is 2. The number of amides is 1. The van der Waals surface area contributed by atoms with Crippen molar-refractivity contribution < 1.29 is 9.59 Å². The quantitative estimate of drug-likeness (QED) is 0.830. The van der Waals surface area contributed by atoms with Crippen molar-refractivity contribution in [3.05, 3.63) is 65.7 Å². The van der Waals surface area contributed by atoms with E-state index in [-0.39, 0.29) is 17.4 Å². The number of carbonyl (C=O) groups excluding carboxylic acids is 2. The predicted molar refractivity (Wildman–Crippen MR) is 87.9 cm³/mol. The van der Waals surface area contributed by atoms with Crippen LogP contribution in [0.25, 0.3) is 0 Å². The Labute approximate surface area is 128 Å². The second-order valence-electron chi connectivity index (χ2n) is 4.70. The molecule has 0 aliphatic heterocycles. The third kappa shape index (κ3) is 5.08. The van der Waals surface area contributed by atoms with E-state index in [1.807, 2.05) is 61.5 Å². The molecule has 0 aromatic heterocycles. The van der Waals surface area contributed by atoms with Gasteiger partial charge in [0.15, 0.2) is 5.78 Å². The Hall–Kier alpha value is -2.07. The van der Waals surface area contributed by atoms with E-state index >= 15 is 0 Å². The lowest BCUT2D eigenvalue weighted by Gasteiger charge is -2.05. The summed E-state index contributed by atoms with van der Waals surface area (Å²) in [5.41, 5.74) is 2.59. The maximum atomic E-state index is 11.9. The van der Waals surface area contributed by atoms with E-state index < -0.39 is 0 Å². The van der Waals surface area contributed by atoms with Crippen LogP contribution < -0.4 is 5.32 Å². The maximum absolute atomic E-state index is 11.9. The Morgan fingerprint density at radius 1 is 0.952 bits per heavy atom. The van der Waals surface area contributed by atoms with Gasteiger partial charge in [-0.05, 0) is 19.1 Å². The topological polar surface area (TPSA) is 46.2 Å². The summed E-state index contributed by atoms with van der Waals surface area (Å²) in [6.45, 7) is 1.98. The first-order valence-corrected chi connectivity index (χ1v) is 7.83. The minimum Gasteiger partial charge on any atom is -0.325 e. The summed E-state index contributed by atoms with van der Waals surface area (Å²) in [6.07, 6.45) is 0. The lowest BCUT2D eigenvalue weighted by molar-refractivity contribution is -0.113. The van der Waals surface area contributed by atoms with Gasteiger partial charge in [0.2, 0.25) is 5.91 Å². The van der Waals surface area contributed by atoms with Gasteiger partial charge in [-0.1, -0.05) is 48.0 Å². The van der Waals surface area contributed by atoms with E-state index in [1.165, 1.54) is 11.8 Å². The molecule has 0 fully saturated rings. The van der Waals surface area contributed by atoms with Gasteiger partial charge in [0.1, 0.15) is 0 Å². The molecule has 3 nitrogen and oxygen atoms in total. The van der Waals surface area contributed by atoms with Crippen molar-refractivity contribution in [2.75, 3.05) is 16.8 Å². The summed E-state index contributed by atoms with van der Waals surface area (Å²) in [5, 5.41) is 2.79. The normalized spacial score (nSPS) is 10.1. The number of anilines is 1. The minimum absolute atomic E-state index is 0.0486. The number of hydrogen-bond acceptors (Lipinski definition) is 3. The first-order chi connectivity index (χ1) is 10.1. The van der Waals surface area contributed by atoms with Crippen molar-refractivity contribution in [2.24, 2.45) is 0 Å². The zero-order chi connectivity index (χ0) is 15.1. The lowest BCUT2D eigenvalue weighted by atomic mass is 10.1. The average molecular weight is 299 g/mol. The fraction of sp³-hybridized carbons (Fsp3) is 0.176. The molecule has 1 N–H and O–H groups in total. The summed E-state index contributed by atoms with van der Waals surface area (Å²) in [4.78, 5) is 23.7. The second-order valence-corrected chi connectivity index (χ2v) is 5.68. The van der Waals surface area contributed by atoms with Gasteiger partial charge in [-0.2, -0.15) is 0 Å². The third-order valence-corrected chi connectivity index (χ3v) is 3.83. The van der Waals surface area contributed by atoms with Crippen molar-refractivity contribution in [3.8, 4) is 0 Å². The fourth-order valence-electron chi connectivity index (χ4n) is 1.78. The molecule has 0 atom stereocenters. The van der Waals surface area contributed by atoms with Gasteiger partial charge in [-0.25, -0.2) is 0 Å². The molecule has 0 radical (unpaired) electrons. The minimum atomic E-state index is -0.0945. The predicted octanol–water partition coefficient (Wildman–Crippen LogP) is 3.55. The highest BCUT2D eigenvalue weighted by atomic mass is 32.2. The highest BCUT2D eigenvalue weighted by Gasteiger charge is 2.08. The number of carbonyl (C=O) groups is 2. The molecular formula is C17H17NO2S. The van der Waals surface area contributed by atoms with Gasteiger partial charge in [0.05, 0.1) is 11.5 Å². The number of nitrogens with one attached hydrogen (secondary N) is 1. The SMILES string of the molecule is Cc1ccc(C(=O)CSCC(=O)Nc2ccccc2)cc1. The van der Waals surface area contributed by atoms with Crippen molar-refractivity contribution >= 4 is 29.1 Å². The van der Waals surface area contributed by atoms with E-state index in [2.05, 4.69) is 5.32 Å². The molecule has 108 valence electrons. The molecule has 0 saturated carbocycles. The lowest BCUT2D eigenvalue weighted by Crippen LogP contribution is -2.15. The number of ketones is 1. The molecule has 2 rings (SSSR count). The van der Waals surface area contributed by atoms with Crippen LogP contribution in [0.15, 0.2) is 54.6 Å². The summed E-state index contributed by atoms with van der Waals surface area (Å²) < 4.78 is 0. The summed E-state index contributed by atoms with van der Waals surface area (Å²) in [6, 6.07) is 16.8. The third-order valence-electron chi connectivity index (χ3n) is 2.90.